The van der Waals surface area contributed by atoms with Crippen molar-refractivity contribution < 1.29 is 13.2 Å². The van der Waals surface area contributed by atoms with E-state index in [4.69, 9.17) is 0 Å². The summed E-state index contributed by atoms with van der Waals surface area (Å²) in [6, 6.07) is 12.5. The van der Waals surface area contributed by atoms with Crippen LogP contribution in [0, 0.1) is 0 Å². The lowest BCUT2D eigenvalue weighted by Gasteiger charge is -2.16. The van der Waals surface area contributed by atoms with Crippen LogP contribution in [0.3, 0.4) is 0 Å². The molecule has 1 fully saturated rings. The number of hydrogen-bond donors (Lipinski definition) is 0. The van der Waals surface area contributed by atoms with E-state index in [1.165, 1.54) is 45.5 Å². The number of aryl methyl sites for hydroxylation is 1. The van der Waals surface area contributed by atoms with Crippen LogP contribution in [0.2, 0.25) is 0 Å². The van der Waals surface area contributed by atoms with Gasteiger partial charge in [0.25, 0.3) is 5.91 Å². The average molecular weight is 484 g/mol. The van der Waals surface area contributed by atoms with E-state index in [9.17, 15) is 13.2 Å². The van der Waals surface area contributed by atoms with E-state index in [0.29, 0.717) is 16.9 Å². The van der Waals surface area contributed by atoms with Crippen LogP contribution in [0.4, 0.5) is 0 Å². The number of nitrogens with zero attached hydrogens (tertiary/aromatic N) is 3. The summed E-state index contributed by atoms with van der Waals surface area (Å²) in [7, 11) is -1.94. The minimum Gasteiger partial charge on any atom is -0.312 e. The number of allylic oxidation sites excluding steroid dienone is 1. The Balaban J connectivity index is 1.65. The fourth-order valence-electron chi connectivity index (χ4n) is 3.77. The van der Waals surface area contributed by atoms with Crippen molar-refractivity contribution in [2.24, 2.45) is 4.99 Å². The first-order valence-electron chi connectivity index (χ1n) is 11.3. The molecule has 1 amide bonds. The molecule has 174 valence electrons. The van der Waals surface area contributed by atoms with Gasteiger partial charge in [-0.25, -0.2) is 8.42 Å². The van der Waals surface area contributed by atoms with Gasteiger partial charge in [0.15, 0.2) is 4.80 Å². The molecule has 1 heterocycles. The number of hydrogen-bond acceptors (Lipinski definition) is 4. The maximum atomic E-state index is 12.9. The first kappa shape index (κ1) is 23.6. The number of rotatable bonds is 9. The lowest BCUT2D eigenvalue weighted by molar-refractivity contribution is 0.0997. The Hall–Kier alpha value is -2.55. The Labute approximate surface area is 199 Å². The molecule has 0 bridgehead atoms. The molecule has 1 aromatic heterocycles. The van der Waals surface area contributed by atoms with Crippen LogP contribution in [0.1, 0.15) is 48.5 Å². The van der Waals surface area contributed by atoms with Crippen molar-refractivity contribution >= 4 is 37.5 Å². The van der Waals surface area contributed by atoms with Gasteiger partial charge < -0.3 is 4.57 Å². The third-order valence-corrected chi connectivity index (χ3v) is 8.88. The molecule has 6 nitrogen and oxygen atoms in total. The Kier molecular flexibility index (Phi) is 6.97. The summed E-state index contributed by atoms with van der Waals surface area (Å²) in [6.45, 7) is 6.56. The first-order valence-corrected chi connectivity index (χ1v) is 13.5. The summed E-state index contributed by atoms with van der Waals surface area (Å²) >= 11 is 1.48. The first-order chi connectivity index (χ1) is 15.8. The molecule has 0 N–H and O–H groups in total. The third-order valence-electron chi connectivity index (χ3n) is 5.91. The molecule has 2 aromatic carbocycles. The molecule has 33 heavy (non-hydrogen) atoms. The molecule has 0 atom stereocenters. The van der Waals surface area contributed by atoms with Gasteiger partial charge in [0.2, 0.25) is 10.0 Å². The summed E-state index contributed by atoms with van der Waals surface area (Å²) in [5, 5.41) is 0. The zero-order valence-electron chi connectivity index (χ0n) is 19.0. The SMILES string of the molecule is C=CCn1c(=NC(=O)c2ccc(S(=O)(=O)N(C)C3CC3)cc2)sc2cc(CCCC)ccc21. The number of aromatic nitrogens is 1. The molecule has 0 aliphatic heterocycles. The van der Waals surface area contributed by atoms with E-state index < -0.39 is 15.9 Å². The second-order valence-corrected chi connectivity index (χ2v) is 11.4. The van der Waals surface area contributed by atoms with E-state index >= 15 is 0 Å². The standard InChI is InChI=1S/C25H29N3O3S2/c1-4-6-7-18-8-15-22-23(17-18)32-25(28(22)16-5-2)26-24(29)19-9-13-21(14-10-19)33(30,31)27(3)20-11-12-20/h5,8-10,13-15,17,20H,2,4,6-7,11-12,16H2,1,3H3. The maximum absolute atomic E-state index is 12.9. The number of carbonyl (C=O) groups is 1. The summed E-state index contributed by atoms with van der Waals surface area (Å²) in [5.41, 5.74) is 2.66. The van der Waals surface area contributed by atoms with Gasteiger partial charge in [-0.05, 0) is 67.6 Å². The van der Waals surface area contributed by atoms with E-state index in [0.717, 1.165) is 42.3 Å². The van der Waals surface area contributed by atoms with Gasteiger partial charge in [0.05, 0.1) is 15.1 Å². The molecule has 4 rings (SSSR count). The second kappa shape index (κ2) is 9.75. The van der Waals surface area contributed by atoms with Crippen molar-refractivity contribution in [3.05, 3.63) is 71.0 Å². The summed E-state index contributed by atoms with van der Waals surface area (Å²) < 4.78 is 29.9. The van der Waals surface area contributed by atoms with Crippen LogP contribution in [-0.4, -0.2) is 36.3 Å². The number of thiazole rings is 1. The Bertz CT molecular complexity index is 1350. The molecule has 3 aromatic rings. The molecule has 1 aliphatic rings. The number of fused-ring (bicyclic) bond motifs is 1. The highest BCUT2D eigenvalue weighted by atomic mass is 32.2. The molecular formula is C25H29N3O3S2. The quantitative estimate of drug-likeness (QED) is 0.412. The van der Waals surface area contributed by atoms with Gasteiger partial charge in [-0.1, -0.05) is 36.8 Å². The van der Waals surface area contributed by atoms with Crippen molar-refractivity contribution in [2.45, 2.75) is 56.5 Å². The Morgan fingerprint density at radius 1 is 1.24 bits per heavy atom. The molecular weight excluding hydrogens is 454 g/mol. The van der Waals surface area contributed by atoms with Gasteiger partial charge in [-0.2, -0.15) is 9.30 Å². The summed E-state index contributed by atoms with van der Waals surface area (Å²) in [5.74, 6) is -0.398. The zero-order chi connectivity index (χ0) is 23.6. The van der Waals surface area contributed by atoms with Crippen LogP contribution in [0.25, 0.3) is 10.2 Å². The molecule has 8 heteroatoms. The van der Waals surface area contributed by atoms with E-state index in [2.05, 4.69) is 36.7 Å². The maximum Gasteiger partial charge on any atom is 0.279 e. The van der Waals surface area contributed by atoms with Crippen molar-refractivity contribution in [1.29, 1.82) is 0 Å². The van der Waals surface area contributed by atoms with Crippen LogP contribution in [-0.2, 0) is 23.0 Å². The summed E-state index contributed by atoms with van der Waals surface area (Å²) in [4.78, 5) is 18.1. The zero-order valence-corrected chi connectivity index (χ0v) is 20.7. The number of sulfonamides is 1. The lowest BCUT2D eigenvalue weighted by atomic mass is 10.1. The number of amides is 1. The topological polar surface area (TPSA) is 71.7 Å². The minimum absolute atomic E-state index is 0.0852. The normalized spacial score (nSPS) is 14.8. The fraction of sp³-hybridized carbons (Fsp3) is 0.360. The van der Waals surface area contributed by atoms with Crippen molar-refractivity contribution in [3.8, 4) is 0 Å². The second-order valence-electron chi connectivity index (χ2n) is 8.38. The third kappa shape index (κ3) is 5.03. The van der Waals surface area contributed by atoms with E-state index in [-0.39, 0.29) is 10.9 Å². The average Bonchev–Trinajstić information content (AvgIpc) is 3.61. The van der Waals surface area contributed by atoms with Gasteiger partial charge >= 0.3 is 0 Å². The van der Waals surface area contributed by atoms with Crippen LogP contribution < -0.4 is 4.80 Å². The summed E-state index contributed by atoms with van der Waals surface area (Å²) in [6.07, 6.45) is 6.89. The molecule has 1 saturated carbocycles. The molecule has 0 saturated heterocycles. The highest BCUT2D eigenvalue weighted by Crippen LogP contribution is 2.30. The highest BCUT2D eigenvalue weighted by molar-refractivity contribution is 7.89. The molecule has 0 radical (unpaired) electrons. The van der Waals surface area contributed by atoms with Crippen molar-refractivity contribution in [1.82, 2.24) is 8.87 Å². The molecule has 0 spiro atoms. The number of benzene rings is 2. The van der Waals surface area contributed by atoms with Crippen LogP contribution in [0.15, 0.2) is 65.0 Å². The Morgan fingerprint density at radius 2 is 1.97 bits per heavy atom. The van der Waals surface area contributed by atoms with Crippen molar-refractivity contribution in [3.63, 3.8) is 0 Å². The monoisotopic (exact) mass is 483 g/mol. The molecule has 1 aliphatic carbocycles. The van der Waals surface area contributed by atoms with Gasteiger partial charge in [-0.3, -0.25) is 4.79 Å². The van der Waals surface area contributed by atoms with Gasteiger partial charge in [-0.15, -0.1) is 6.58 Å². The highest BCUT2D eigenvalue weighted by Gasteiger charge is 2.35. The fourth-order valence-corrected chi connectivity index (χ4v) is 6.28. The molecule has 0 unspecified atom stereocenters. The van der Waals surface area contributed by atoms with Crippen LogP contribution in [0.5, 0.6) is 0 Å². The lowest BCUT2D eigenvalue weighted by Crippen LogP contribution is -2.28. The van der Waals surface area contributed by atoms with E-state index in [1.807, 2.05) is 4.57 Å². The van der Waals surface area contributed by atoms with Crippen molar-refractivity contribution in [2.75, 3.05) is 7.05 Å². The van der Waals surface area contributed by atoms with Crippen LogP contribution >= 0.6 is 11.3 Å². The smallest absolute Gasteiger partial charge is 0.279 e. The van der Waals surface area contributed by atoms with Gasteiger partial charge in [0, 0.05) is 25.2 Å². The number of unbranched alkanes of at least 4 members (excludes halogenated alkanes) is 1. The Morgan fingerprint density at radius 3 is 2.61 bits per heavy atom. The number of carbonyl (C=O) groups excluding carboxylic acids is 1. The van der Waals surface area contributed by atoms with E-state index in [1.54, 1.807) is 13.1 Å². The van der Waals surface area contributed by atoms with Gasteiger partial charge in [0.1, 0.15) is 0 Å². The largest absolute Gasteiger partial charge is 0.312 e. The predicted molar refractivity (Wildman–Crippen MR) is 133 cm³/mol. The predicted octanol–water partition coefficient (Wildman–Crippen LogP) is 4.76. The minimum atomic E-state index is -3.54.